The van der Waals surface area contributed by atoms with Gasteiger partial charge in [0, 0.05) is 12.0 Å². The molecule has 0 radical (unpaired) electrons. The predicted octanol–water partition coefficient (Wildman–Crippen LogP) is 2.46. The van der Waals surface area contributed by atoms with Gasteiger partial charge in [-0.3, -0.25) is 4.18 Å². The Balaban J connectivity index is 1.91. The number of benzene rings is 1. The lowest BCUT2D eigenvalue weighted by atomic mass is 9.92. The van der Waals surface area contributed by atoms with Crippen LogP contribution in [0.3, 0.4) is 0 Å². The molecule has 0 N–H and O–H groups in total. The van der Waals surface area contributed by atoms with E-state index in [0.717, 1.165) is 23.5 Å². The van der Waals surface area contributed by atoms with Crippen molar-refractivity contribution >= 4 is 11.1 Å². The minimum absolute atomic E-state index is 0.0142. The van der Waals surface area contributed by atoms with Crippen LogP contribution < -0.4 is 0 Å². The highest BCUT2D eigenvalue weighted by Crippen LogP contribution is 2.28. The molecule has 0 spiro atoms. The lowest BCUT2D eigenvalue weighted by molar-refractivity contribution is 0.124. The van der Waals surface area contributed by atoms with E-state index < -0.39 is 11.1 Å². The molecule has 0 aromatic heterocycles. The van der Waals surface area contributed by atoms with E-state index >= 15 is 0 Å². The lowest BCUT2D eigenvalue weighted by Crippen LogP contribution is -2.23. The molecule has 1 saturated heterocycles. The summed E-state index contributed by atoms with van der Waals surface area (Å²) in [5.74, 6) is 0. The summed E-state index contributed by atoms with van der Waals surface area (Å²) >= 11 is -1.37. The maximum absolute atomic E-state index is 11.9. The van der Waals surface area contributed by atoms with Crippen LogP contribution in [0.25, 0.3) is 0 Å². The molecule has 1 aliphatic heterocycles. The molecule has 0 aliphatic carbocycles. The molecule has 94 valence electrons. The average Bonchev–Trinajstić information content (AvgIpc) is 2.75. The van der Waals surface area contributed by atoms with Crippen LogP contribution in [-0.2, 0) is 20.0 Å². The second-order valence-corrected chi connectivity index (χ2v) is 6.10. The van der Waals surface area contributed by atoms with Crippen molar-refractivity contribution < 1.29 is 13.1 Å². The first-order valence-corrected chi connectivity index (χ1v) is 6.86. The molecule has 1 heterocycles. The molecular formula is C13H18O3S. The smallest absolute Gasteiger partial charge is 0.189 e. The van der Waals surface area contributed by atoms with E-state index in [9.17, 15) is 4.21 Å². The van der Waals surface area contributed by atoms with Crippen LogP contribution in [0.2, 0.25) is 0 Å². The highest BCUT2D eigenvalue weighted by Gasteiger charge is 2.30. The largest absolute Gasteiger partial charge is 0.381 e. The number of hydrogen-bond acceptors (Lipinski definition) is 3. The third-order valence-electron chi connectivity index (χ3n) is 3.03. The van der Waals surface area contributed by atoms with Gasteiger partial charge >= 0.3 is 0 Å². The molecule has 1 aliphatic rings. The summed E-state index contributed by atoms with van der Waals surface area (Å²) in [5.41, 5.74) is 1.17. The third kappa shape index (κ3) is 3.37. The lowest BCUT2D eigenvalue weighted by Gasteiger charge is -2.20. The van der Waals surface area contributed by atoms with E-state index in [4.69, 9.17) is 8.92 Å². The first-order valence-electron chi connectivity index (χ1n) is 5.79. The van der Waals surface area contributed by atoms with E-state index in [0.29, 0.717) is 13.2 Å². The molecule has 1 fully saturated rings. The fourth-order valence-electron chi connectivity index (χ4n) is 1.74. The Hall–Kier alpha value is -0.710. The van der Waals surface area contributed by atoms with Crippen LogP contribution in [0.4, 0.5) is 0 Å². The van der Waals surface area contributed by atoms with Crippen LogP contribution >= 0.6 is 0 Å². The van der Waals surface area contributed by atoms with Crippen LogP contribution in [0.5, 0.6) is 0 Å². The fourth-order valence-corrected chi connectivity index (χ4v) is 2.62. The van der Waals surface area contributed by atoms with Gasteiger partial charge in [-0.2, -0.15) is 0 Å². The fraction of sp³-hybridized carbons (Fsp3) is 0.538. The summed E-state index contributed by atoms with van der Waals surface area (Å²) in [7, 11) is 0. The predicted molar refractivity (Wildman–Crippen MR) is 67.1 cm³/mol. The van der Waals surface area contributed by atoms with Crippen LogP contribution in [-0.4, -0.2) is 24.0 Å². The average molecular weight is 254 g/mol. The van der Waals surface area contributed by atoms with E-state index in [2.05, 4.69) is 6.92 Å². The molecule has 17 heavy (non-hydrogen) atoms. The number of ether oxygens (including phenoxy) is 1. The molecule has 2 unspecified atom stereocenters. The van der Waals surface area contributed by atoms with Crippen molar-refractivity contribution in [2.24, 2.45) is 5.41 Å². The van der Waals surface area contributed by atoms with Crippen molar-refractivity contribution in [2.45, 2.75) is 25.2 Å². The minimum atomic E-state index is -1.37. The summed E-state index contributed by atoms with van der Waals surface area (Å²) in [5, 5.41) is 0. The molecule has 1 aromatic carbocycles. The zero-order valence-corrected chi connectivity index (χ0v) is 11.1. The Labute approximate surface area is 105 Å². The number of aryl methyl sites for hydroxylation is 1. The van der Waals surface area contributed by atoms with E-state index in [-0.39, 0.29) is 5.41 Å². The summed E-state index contributed by atoms with van der Waals surface area (Å²) in [6.07, 6.45) is 0.970. The Morgan fingerprint density at radius 1 is 1.41 bits per heavy atom. The van der Waals surface area contributed by atoms with Crippen LogP contribution in [0.15, 0.2) is 29.2 Å². The van der Waals surface area contributed by atoms with Gasteiger partial charge in [0.05, 0.1) is 18.1 Å². The van der Waals surface area contributed by atoms with Crippen molar-refractivity contribution in [2.75, 3.05) is 19.8 Å². The minimum Gasteiger partial charge on any atom is -0.381 e. The number of rotatable bonds is 4. The highest BCUT2D eigenvalue weighted by atomic mass is 32.2. The monoisotopic (exact) mass is 254 g/mol. The summed E-state index contributed by atoms with van der Waals surface area (Å²) < 4.78 is 22.7. The molecular weight excluding hydrogens is 236 g/mol. The normalized spacial score (nSPS) is 26.0. The van der Waals surface area contributed by atoms with Gasteiger partial charge < -0.3 is 4.74 Å². The van der Waals surface area contributed by atoms with Gasteiger partial charge in [0.25, 0.3) is 0 Å². The van der Waals surface area contributed by atoms with Gasteiger partial charge in [-0.05, 0) is 25.5 Å². The molecule has 0 bridgehead atoms. The van der Waals surface area contributed by atoms with Gasteiger partial charge in [-0.25, -0.2) is 4.21 Å². The quantitative estimate of drug-likeness (QED) is 0.828. The Morgan fingerprint density at radius 3 is 2.71 bits per heavy atom. The first kappa shape index (κ1) is 12.7. The van der Waals surface area contributed by atoms with Crippen LogP contribution in [0, 0.1) is 12.3 Å². The second-order valence-electron chi connectivity index (χ2n) is 4.92. The molecule has 3 nitrogen and oxygen atoms in total. The third-order valence-corrected chi connectivity index (χ3v) is 4.02. The van der Waals surface area contributed by atoms with Gasteiger partial charge in [0.2, 0.25) is 0 Å². The van der Waals surface area contributed by atoms with E-state index in [1.807, 2.05) is 31.2 Å². The summed E-state index contributed by atoms with van der Waals surface area (Å²) in [4.78, 5) is 0.720. The second kappa shape index (κ2) is 5.29. The van der Waals surface area contributed by atoms with Gasteiger partial charge in [-0.15, -0.1) is 0 Å². The van der Waals surface area contributed by atoms with E-state index in [1.54, 1.807) is 0 Å². The van der Waals surface area contributed by atoms with Gasteiger partial charge in [0.1, 0.15) is 0 Å². The Bertz CT molecular complexity index is 394. The molecule has 0 amide bonds. The maximum atomic E-state index is 11.9. The highest BCUT2D eigenvalue weighted by molar-refractivity contribution is 7.80. The standard InChI is InChI=1S/C13H18O3S/c1-11-3-5-12(6-4-11)17(14)16-10-13(2)7-8-15-9-13/h3-6H,7-10H2,1-2H3. The molecule has 2 rings (SSSR count). The van der Waals surface area contributed by atoms with Gasteiger partial charge in [-0.1, -0.05) is 24.6 Å². The molecule has 0 saturated carbocycles. The maximum Gasteiger partial charge on any atom is 0.189 e. The van der Waals surface area contributed by atoms with Crippen molar-refractivity contribution in [3.63, 3.8) is 0 Å². The molecule has 2 atom stereocenters. The van der Waals surface area contributed by atoms with Crippen molar-refractivity contribution in [3.05, 3.63) is 29.8 Å². The number of hydrogen-bond donors (Lipinski definition) is 0. The van der Waals surface area contributed by atoms with Gasteiger partial charge in [0.15, 0.2) is 11.1 Å². The van der Waals surface area contributed by atoms with Crippen LogP contribution in [0.1, 0.15) is 18.9 Å². The van der Waals surface area contributed by atoms with Crippen molar-refractivity contribution in [1.82, 2.24) is 0 Å². The summed E-state index contributed by atoms with van der Waals surface area (Å²) in [6.45, 7) is 6.05. The summed E-state index contributed by atoms with van der Waals surface area (Å²) in [6, 6.07) is 7.58. The SMILES string of the molecule is Cc1ccc(S(=O)OCC2(C)CCOC2)cc1. The Morgan fingerprint density at radius 2 is 2.12 bits per heavy atom. The molecule has 1 aromatic rings. The van der Waals surface area contributed by atoms with Crippen molar-refractivity contribution in [1.29, 1.82) is 0 Å². The van der Waals surface area contributed by atoms with Crippen molar-refractivity contribution in [3.8, 4) is 0 Å². The first-order chi connectivity index (χ1) is 8.09. The zero-order chi connectivity index (χ0) is 12.3. The topological polar surface area (TPSA) is 35.5 Å². The zero-order valence-electron chi connectivity index (χ0n) is 10.3. The van der Waals surface area contributed by atoms with E-state index in [1.165, 1.54) is 0 Å². The molecule has 4 heteroatoms. The Kier molecular flexibility index (Phi) is 3.97.